The zero-order valence-corrected chi connectivity index (χ0v) is 12.3. The van der Waals surface area contributed by atoms with Crippen molar-refractivity contribution in [1.82, 2.24) is 0 Å². The van der Waals surface area contributed by atoms with E-state index >= 15 is 0 Å². The number of carbonyl (C=O) groups is 2. The van der Waals surface area contributed by atoms with E-state index in [1.54, 1.807) is 13.8 Å². The third kappa shape index (κ3) is 5.99. The van der Waals surface area contributed by atoms with E-state index in [0.29, 0.717) is 8.86 Å². The Labute approximate surface area is 110 Å². The summed E-state index contributed by atoms with van der Waals surface area (Å²) < 4.78 is 10.6. The van der Waals surface area contributed by atoms with Gasteiger partial charge in [0.15, 0.2) is 0 Å². The Hall–Kier alpha value is 0.400. The summed E-state index contributed by atoms with van der Waals surface area (Å²) >= 11 is 3.84. The van der Waals surface area contributed by atoms with Gasteiger partial charge in [0, 0.05) is 0 Å². The Morgan fingerprint density at radius 1 is 1.00 bits per heavy atom. The maximum absolute atomic E-state index is 10.9. The van der Waals surface area contributed by atoms with Crippen molar-refractivity contribution in [3.63, 3.8) is 0 Å². The fourth-order valence-corrected chi connectivity index (χ4v) is 1.03. The SMILES string of the molecule is C[C@@H](OC(=O)CI)[C@@H](C)OC(=O)CI. The van der Waals surface area contributed by atoms with Crippen LogP contribution >= 0.6 is 45.2 Å². The molecule has 0 heterocycles. The summed E-state index contributed by atoms with van der Waals surface area (Å²) in [6, 6.07) is 0. The Kier molecular flexibility index (Phi) is 7.88. The van der Waals surface area contributed by atoms with Crippen LogP contribution in [0, 0.1) is 0 Å². The van der Waals surface area contributed by atoms with Crippen molar-refractivity contribution in [3.05, 3.63) is 0 Å². The highest BCUT2D eigenvalue weighted by Gasteiger charge is 2.19. The number of esters is 2. The lowest BCUT2D eigenvalue weighted by Crippen LogP contribution is -2.31. The fourth-order valence-electron chi connectivity index (χ4n) is 0.669. The quantitative estimate of drug-likeness (QED) is 0.382. The van der Waals surface area contributed by atoms with Crippen LogP contribution in [0.15, 0.2) is 0 Å². The topological polar surface area (TPSA) is 52.6 Å². The zero-order chi connectivity index (χ0) is 11.1. The predicted molar refractivity (Wildman–Crippen MR) is 68.9 cm³/mol. The van der Waals surface area contributed by atoms with Crippen molar-refractivity contribution < 1.29 is 19.1 Å². The standard InChI is InChI=1S/C8H12I2O4/c1-5(13-7(11)3-9)6(2)14-8(12)4-10/h5-6H,3-4H2,1-2H3/t5-,6-/m1/s1. The van der Waals surface area contributed by atoms with Crippen molar-refractivity contribution in [3.8, 4) is 0 Å². The minimum Gasteiger partial charge on any atom is -0.458 e. The molecule has 0 spiro atoms. The molecule has 0 aliphatic heterocycles. The van der Waals surface area contributed by atoms with Gasteiger partial charge in [0.1, 0.15) is 12.2 Å². The average molecular weight is 426 g/mol. The smallest absolute Gasteiger partial charge is 0.316 e. The van der Waals surface area contributed by atoms with Crippen LogP contribution in [0.3, 0.4) is 0 Å². The van der Waals surface area contributed by atoms with Gasteiger partial charge in [-0.3, -0.25) is 9.59 Å². The molecule has 0 fully saturated rings. The molecule has 0 radical (unpaired) electrons. The van der Waals surface area contributed by atoms with Crippen LogP contribution in [0.1, 0.15) is 13.8 Å². The first-order valence-corrected chi connectivity index (χ1v) is 7.07. The molecular formula is C8H12I2O4. The van der Waals surface area contributed by atoms with E-state index in [4.69, 9.17) is 9.47 Å². The van der Waals surface area contributed by atoms with Crippen molar-refractivity contribution in [2.45, 2.75) is 26.1 Å². The summed E-state index contributed by atoms with van der Waals surface area (Å²) in [7, 11) is 0. The minimum absolute atomic E-state index is 0.296. The summed E-state index contributed by atoms with van der Waals surface area (Å²) in [5.74, 6) is -0.592. The van der Waals surface area contributed by atoms with Gasteiger partial charge in [-0.15, -0.1) is 0 Å². The summed E-state index contributed by atoms with van der Waals surface area (Å²) in [6.07, 6.45) is -0.798. The van der Waals surface area contributed by atoms with Gasteiger partial charge >= 0.3 is 11.9 Å². The average Bonchev–Trinajstić information content (AvgIpc) is 2.17. The van der Waals surface area contributed by atoms with E-state index in [1.165, 1.54) is 0 Å². The van der Waals surface area contributed by atoms with Crippen LogP contribution in [0.25, 0.3) is 0 Å². The predicted octanol–water partition coefficient (Wildman–Crippen LogP) is 1.72. The Morgan fingerprint density at radius 3 is 1.50 bits per heavy atom. The molecule has 0 aliphatic rings. The zero-order valence-electron chi connectivity index (χ0n) is 7.96. The molecule has 82 valence electrons. The summed E-state index contributed by atoms with van der Waals surface area (Å²) in [5, 5.41) is 0. The lowest BCUT2D eigenvalue weighted by atomic mass is 10.2. The maximum Gasteiger partial charge on any atom is 0.316 e. The highest BCUT2D eigenvalue weighted by molar-refractivity contribution is 14.1. The van der Waals surface area contributed by atoms with Crippen molar-refractivity contribution in [2.24, 2.45) is 0 Å². The van der Waals surface area contributed by atoms with Gasteiger partial charge in [0.05, 0.1) is 8.86 Å². The number of carbonyl (C=O) groups excluding carboxylic acids is 2. The number of rotatable bonds is 5. The Bertz CT molecular complexity index is 186. The number of hydrogen-bond donors (Lipinski definition) is 0. The largest absolute Gasteiger partial charge is 0.458 e. The van der Waals surface area contributed by atoms with E-state index in [2.05, 4.69) is 0 Å². The molecule has 6 heteroatoms. The van der Waals surface area contributed by atoms with Crippen LogP contribution in [0.5, 0.6) is 0 Å². The first kappa shape index (κ1) is 14.4. The van der Waals surface area contributed by atoms with Gasteiger partial charge < -0.3 is 9.47 Å². The second-order valence-electron chi connectivity index (χ2n) is 2.66. The highest BCUT2D eigenvalue weighted by atomic mass is 127. The molecule has 0 saturated carbocycles. The second-order valence-corrected chi connectivity index (χ2v) is 4.18. The van der Waals surface area contributed by atoms with Gasteiger partial charge in [0.2, 0.25) is 0 Å². The summed E-state index contributed by atoms with van der Waals surface area (Å²) in [4.78, 5) is 21.8. The first-order valence-electron chi connectivity index (χ1n) is 4.02. The normalized spacial score (nSPS) is 14.3. The van der Waals surface area contributed by atoms with Crippen molar-refractivity contribution in [1.29, 1.82) is 0 Å². The summed E-state index contributed by atoms with van der Waals surface area (Å²) in [6.45, 7) is 3.41. The molecule has 0 bridgehead atoms. The van der Waals surface area contributed by atoms with Gasteiger partial charge in [-0.05, 0) is 13.8 Å². The lowest BCUT2D eigenvalue weighted by molar-refractivity contribution is -0.161. The van der Waals surface area contributed by atoms with Crippen LogP contribution < -0.4 is 0 Å². The van der Waals surface area contributed by atoms with Crippen LogP contribution in [0.4, 0.5) is 0 Å². The molecule has 0 amide bonds. The molecule has 0 rings (SSSR count). The number of alkyl halides is 2. The molecule has 0 aromatic heterocycles. The second kappa shape index (κ2) is 7.66. The molecule has 0 aliphatic carbocycles. The van der Waals surface area contributed by atoms with Gasteiger partial charge in [-0.25, -0.2) is 0 Å². The van der Waals surface area contributed by atoms with E-state index in [1.807, 2.05) is 45.2 Å². The van der Waals surface area contributed by atoms with E-state index in [9.17, 15) is 9.59 Å². The molecule has 0 saturated heterocycles. The lowest BCUT2D eigenvalue weighted by Gasteiger charge is -2.19. The van der Waals surface area contributed by atoms with E-state index < -0.39 is 12.2 Å². The molecular weight excluding hydrogens is 414 g/mol. The molecule has 14 heavy (non-hydrogen) atoms. The highest BCUT2D eigenvalue weighted by Crippen LogP contribution is 2.05. The van der Waals surface area contributed by atoms with Crippen LogP contribution in [-0.4, -0.2) is 33.0 Å². The molecule has 4 nitrogen and oxygen atoms in total. The van der Waals surface area contributed by atoms with Gasteiger partial charge in [-0.1, -0.05) is 45.2 Å². The first-order chi connectivity index (χ1) is 6.51. The van der Waals surface area contributed by atoms with Crippen LogP contribution in [0.2, 0.25) is 0 Å². The monoisotopic (exact) mass is 426 g/mol. The van der Waals surface area contributed by atoms with Crippen molar-refractivity contribution >= 4 is 57.1 Å². The number of halogens is 2. The number of hydrogen-bond acceptors (Lipinski definition) is 4. The molecule has 2 atom stereocenters. The van der Waals surface area contributed by atoms with Crippen molar-refractivity contribution in [2.75, 3.05) is 8.86 Å². The fraction of sp³-hybridized carbons (Fsp3) is 0.750. The summed E-state index contributed by atoms with van der Waals surface area (Å²) in [5.41, 5.74) is 0. The molecule has 0 aromatic carbocycles. The van der Waals surface area contributed by atoms with Gasteiger partial charge in [-0.2, -0.15) is 0 Å². The Balaban J connectivity index is 3.92. The minimum atomic E-state index is -0.399. The third-order valence-electron chi connectivity index (χ3n) is 1.51. The molecule has 0 N–H and O–H groups in total. The maximum atomic E-state index is 10.9. The van der Waals surface area contributed by atoms with E-state index in [0.717, 1.165) is 0 Å². The van der Waals surface area contributed by atoms with Crippen LogP contribution in [-0.2, 0) is 19.1 Å². The molecule has 0 aromatic rings. The number of ether oxygens (including phenoxy) is 2. The Morgan fingerprint density at radius 2 is 1.29 bits per heavy atom. The molecule has 0 unspecified atom stereocenters. The van der Waals surface area contributed by atoms with Gasteiger partial charge in [0.25, 0.3) is 0 Å². The third-order valence-corrected chi connectivity index (χ3v) is 2.76. The van der Waals surface area contributed by atoms with E-state index in [-0.39, 0.29) is 11.9 Å².